The van der Waals surface area contributed by atoms with E-state index in [0.29, 0.717) is 5.02 Å². The molecule has 0 aliphatic rings. The number of benzene rings is 3. The molecule has 0 unspecified atom stereocenters. The fraction of sp³-hybridized carbons (Fsp3) is 0.100. The Hall–Kier alpha value is -2.85. The number of carbonyl (C=O) groups excluding carboxylic acids is 1. The monoisotopic (exact) mass is 351 g/mol. The van der Waals surface area contributed by atoms with Gasteiger partial charge in [-0.05, 0) is 24.4 Å². The lowest BCUT2D eigenvalue weighted by molar-refractivity contribution is -0.121. The van der Waals surface area contributed by atoms with Gasteiger partial charge in [-0.1, -0.05) is 66.2 Å². The lowest BCUT2D eigenvalue weighted by atomic mass is 10.1. The molecule has 0 heterocycles. The highest BCUT2D eigenvalue weighted by molar-refractivity contribution is 6.33. The van der Waals surface area contributed by atoms with Gasteiger partial charge in [0.2, 0.25) is 0 Å². The second kappa shape index (κ2) is 7.81. The van der Waals surface area contributed by atoms with Gasteiger partial charge in [-0.2, -0.15) is 5.10 Å². The molecule has 3 aromatic carbocycles. The Labute approximate surface area is 151 Å². The first kappa shape index (κ1) is 17.0. The fourth-order valence-electron chi connectivity index (χ4n) is 2.49. The number of hydrazone groups is 1. The SMILES string of the molecule is C[C@H](Nc1cccc2ccccc12)C(=O)N/N=C\c1ccccc1Cl. The highest BCUT2D eigenvalue weighted by Gasteiger charge is 2.13. The Morgan fingerprint density at radius 2 is 1.76 bits per heavy atom. The van der Waals surface area contributed by atoms with Gasteiger partial charge in [-0.3, -0.25) is 4.79 Å². The molecule has 2 N–H and O–H groups in total. The Morgan fingerprint density at radius 3 is 2.60 bits per heavy atom. The number of nitrogens with zero attached hydrogens (tertiary/aromatic N) is 1. The van der Waals surface area contributed by atoms with Gasteiger partial charge in [0.1, 0.15) is 6.04 Å². The van der Waals surface area contributed by atoms with Crippen molar-refractivity contribution in [1.29, 1.82) is 0 Å². The van der Waals surface area contributed by atoms with Crippen molar-refractivity contribution in [2.75, 3.05) is 5.32 Å². The van der Waals surface area contributed by atoms with Gasteiger partial charge >= 0.3 is 0 Å². The van der Waals surface area contributed by atoms with E-state index in [0.717, 1.165) is 22.0 Å². The van der Waals surface area contributed by atoms with Crippen molar-refractivity contribution in [2.45, 2.75) is 13.0 Å². The largest absolute Gasteiger partial charge is 0.373 e. The topological polar surface area (TPSA) is 53.5 Å². The van der Waals surface area contributed by atoms with E-state index < -0.39 is 6.04 Å². The van der Waals surface area contributed by atoms with Crippen LogP contribution in [0.5, 0.6) is 0 Å². The molecule has 0 aromatic heterocycles. The van der Waals surface area contributed by atoms with Crippen LogP contribution in [0.25, 0.3) is 10.8 Å². The van der Waals surface area contributed by atoms with Crippen LogP contribution in [0.15, 0.2) is 71.8 Å². The van der Waals surface area contributed by atoms with E-state index in [1.807, 2.05) is 60.7 Å². The smallest absolute Gasteiger partial charge is 0.262 e. The highest BCUT2D eigenvalue weighted by Crippen LogP contribution is 2.23. The molecule has 1 atom stereocenters. The van der Waals surface area contributed by atoms with Crippen LogP contribution in [0.3, 0.4) is 0 Å². The van der Waals surface area contributed by atoms with E-state index in [4.69, 9.17) is 11.6 Å². The van der Waals surface area contributed by atoms with Gasteiger partial charge in [-0.15, -0.1) is 0 Å². The molecule has 126 valence electrons. The summed E-state index contributed by atoms with van der Waals surface area (Å²) < 4.78 is 0. The molecule has 0 radical (unpaired) electrons. The summed E-state index contributed by atoms with van der Waals surface area (Å²) >= 11 is 6.05. The maximum absolute atomic E-state index is 12.2. The van der Waals surface area contributed by atoms with E-state index in [-0.39, 0.29) is 5.91 Å². The van der Waals surface area contributed by atoms with Crippen LogP contribution >= 0.6 is 11.6 Å². The van der Waals surface area contributed by atoms with Gasteiger partial charge in [-0.25, -0.2) is 5.43 Å². The van der Waals surface area contributed by atoms with Crippen LogP contribution < -0.4 is 10.7 Å². The molecule has 4 nitrogen and oxygen atoms in total. The lowest BCUT2D eigenvalue weighted by Gasteiger charge is -2.15. The number of amides is 1. The van der Waals surface area contributed by atoms with Gasteiger partial charge in [0.25, 0.3) is 5.91 Å². The normalized spacial score (nSPS) is 12.2. The number of anilines is 1. The summed E-state index contributed by atoms with van der Waals surface area (Å²) in [5.41, 5.74) is 4.20. The first-order valence-electron chi connectivity index (χ1n) is 7.97. The van der Waals surface area contributed by atoms with Crippen LogP contribution in [0.2, 0.25) is 5.02 Å². The summed E-state index contributed by atoms with van der Waals surface area (Å²) in [6.45, 7) is 1.79. The molecule has 0 saturated carbocycles. The maximum atomic E-state index is 12.2. The highest BCUT2D eigenvalue weighted by atomic mass is 35.5. The Balaban J connectivity index is 1.65. The molecular weight excluding hydrogens is 334 g/mol. The summed E-state index contributed by atoms with van der Waals surface area (Å²) in [4.78, 5) is 12.2. The number of halogens is 1. The average Bonchev–Trinajstić information content (AvgIpc) is 2.63. The fourth-order valence-corrected chi connectivity index (χ4v) is 2.68. The summed E-state index contributed by atoms with van der Waals surface area (Å²) in [6, 6.07) is 20.9. The molecule has 3 rings (SSSR count). The maximum Gasteiger partial charge on any atom is 0.262 e. The van der Waals surface area contributed by atoms with Crippen LogP contribution in [-0.2, 0) is 4.79 Å². The molecule has 0 saturated heterocycles. The van der Waals surface area contributed by atoms with Crippen molar-refractivity contribution in [2.24, 2.45) is 5.10 Å². The molecule has 0 aliphatic heterocycles. The van der Waals surface area contributed by atoms with E-state index >= 15 is 0 Å². The predicted molar refractivity (Wildman–Crippen MR) is 104 cm³/mol. The minimum Gasteiger partial charge on any atom is -0.373 e. The molecule has 0 spiro atoms. The van der Waals surface area contributed by atoms with Crippen molar-refractivity contribution in [3.63, 3.8) is 0 Å². The molecule has 25 heavy (non-hydrogen) atoms. The third-order valence-corrected chi connectivity index (χ3v) is 4.18. The molecule has 1 amide bonds. The van der Waals surface area contributed by atoms with Crippen molar-refractivity contribution < 1.29 is 4.79 Å². The zero-order valence-corrected chi connectivity index (χ0v) is 14.5. The molecule has 0 fully saturated rings. The van der Waals surface area contributed by atoms with Gasteiger partial charge in [0, 0.05) is 21.7 Å². The van der Waals surface area contributed by atoms with E-state index in [9.17, 15) is 4.79 Å². The van der Waals surface area contributed by atoms with E-state index in [1.54, 1.807) is 13.0 Å². The van der Waals surface area contributed by atoms with Crippen LogP contribution in [0, 0.1) is 0 Å². The lowest BCUT2D eigenvalue weighted by Crippen LogP contribution is -2.34. The van der Waals surface area contributed by atoms with Crippen LogP contribution in [0.4, 0.5) is 5.69 Å². The van der Waals surface area contributed by atoms with Gasteiger partial charge in [0.15, 0.2) is 0 Å². The third kappa shape index (κ3) is 4.17. The van der Waals surface area contributed by atoms with E-state index in [2.05, 4.69) is 15.8 Å². The number of fused-ring (bicyclic) bond motifs is 1. The zero-order chi connectivity index (χ0) is 17.6. The number of hydrogen-bond acceptors (Lipinski definition) is 3. The quantitative estimate of drug-likeness (QED) is 0.527. The first-order valence-corrected chi connectivity index (χ1v) is 8.34. The van der Waals surface area contributed by atoms with Gasteiger partial charge < -0.3 is 5.32 Å². The van der Waals surface area contributed by atoms with Crippen LogP contribution in [0.1, 0.15) is 12.5 Å². The van der Waals surface area contributed by atoms with Crippen molar-refractivity contribution in [1.82, 2.24) is 5.43 Å². The minimum atomic E-state index is -0.436. The Bertz CT molecular complexity index is 918. The summed E-state index contributed by atoms with van der Waals surface area (Å²) in [5.74, 6) is -0.226. The predicted octanol–water partition coefficient (Wildman–Crippen LogP) is 4.44. The Kier molecular flexibility index (Phi) is 5.31. The number of carbonyl (C=O) groups is 1. The second-order valence-electron chi connectivity index (χ2n) is 5.65. The number of nitrogens with one attached hydrogen (secondary N) is 2. The van der Waals surface area contributed by atoms with Crippen LogP contribution in [-0.4, -0.2) is 18.2 Å². The molecule has 0 bridgehead atoms. The van der Waals surface area contributed by atoms with Crippen molar-refractivity contribution in [3.05, 3.63) is 77.3 Å². The molecule has 3 aromatic rings. The second-order valence-corrected chi connectivity index (χ2v) is 6.06. The molecular formula is C20H18ClN3O. The minimum absolute atomic E-state index is 0.226. The number of hydrogen-bond donors (Lipinski definition) is 2. The summed E-state index contributed by atoms with van der Waals surface area (Å²) in [5, 5.41) is 9.99. The van der Waals surface area contributed by atoms with Gasteiger partial charge in [0.05, 0.1) is 6.21 Å². The number of rotatable bonds is 5. The zero-order valence-electron chi connectivity index (χ0n) is 13.7. The van der Waals surface area contributed by atoms with Crippen molar-refractivity contribution in [3.8, 4) is 0 Å². The van der Waals surface area contributed by atoms with E-state index in [1.165, 1.54) is 6.21 Å². The molecule has 5 heteroatoms. The average molecular weight is 352 g/mol. The Morgan fingerprint density at radius 1 is 1.04 bits per heavy atom. The summed E-state index contributed by atoms with van der Waals surface area (Å²) in [6.07, 6.45) is 1.53. The standard InChI is InChI=1S/C20H18ClN3O/c1-14(20(25)24-22-13-16-8-3-5-11-18(16)21)23-19-12-6-9-15-7-2-4-10-17(15)19/h2-14,23H,1H3,(H,24,25)/b22-13-/t14-/m0/s1. The van der Waals surface area contributed by atoms with Crippen molar-refractivity contribution >= 4 is 40.2 Å². The summed E-state index contributed by atoms with van der Waals surface area (Å²) in [7, 11) is 0. The molecule has 0 aliphatic carbocycles. The first-order chi connectivity index (χ1) is 12.1. The third-order valence-electron chi connectivity index (χ3n) is 3.84.